The molecule has 164 valence electrons. The zero-order valence-electron chi connectivity index (χ0n) is 17.6. The maximum absolute atomic E-state index is 12.3. The van der Waals surface area contributed by atoms with Crippen LogP contribution in [0.25, 0.3) is 0 Å². The molecule has 31 heavy (non-hydrogen) atoms. The van der Waals surface area contributed by atoms with Crippen molar-refractivity contribution >= 4 is 29.1 Å². The summed E-state index contributed by atoms with van der Waals surface area (Å²) in [7, 11) is 1.48. The Balaban J connectivity index is 1.51. The highest BCUT2D eigenvalue weighted by molar-refractivity contribution is 6.05. The molecule has 0 unspecified atom stereocenters. The molecule has 1 heterocycles. The fourth-order valence-electron chi connectivity index (χ4n) is 3.67. The summed E-state index contributed by atoms with van der Waals surface area (Å²) in [5, 5.41) is 8.18. The van der Waals surface area contributed by atoms with Gasteiger partial charge in [0.1, 0.15) is 5.75 Å². The lowest BCUT2D eigenvalue weighted by Gasteiger charge is -2.20. The first-order chi connectivity index (χ1) is 15.0. The number of hydrogen-bond acceptors (Lipinski definition) is 5. The van der Waals surface area contributed by atoms with Crippen LogP contribution in [-0.4, -0.2) is 36.4 Å². The lowest BCUT2D eigenvalue weighted by Crippen LogP contribution is -2.34. The largest absolute Gasteiger partial charge is 0.494 e. The molecule has 1 aliphatic rings. The van der Waals surface area contributed by atoms with E-state index in [1.165, 1.54) is 32.6 Å². The molecule has 0 saturated heterocycles. The first-order valence-corrected chi connectivity index (χ1v) is 10.5. The van der Waals surface area contributed by atoms with Crippen LogP contribution in [0.15, 0.2) is 42.7 Å². The van der Waals surface area contributed by atoms with Gasteiger partial charge in [0, 0.05) is 30.6 Å². The summed E-state index contributed by atoms with van der Waals surface area (Å²) >= 11 is 0. The third-order valence-corrected chi connectivity index (χ3v) is 5.30. The summed E-state index contributed by atoms with van der Waals surface area (Å²) in [6.07, 6.45) is 9.32. The van der Waals surface area contributed by atoms with E-state index in [0.717, 1.165) is 12.8 Å². The van der Waals surface area contributed by atoms with Crippen LogP contribution in [0.5, 0.6) is 5.75 Å². The number of anilines is 2. The van der Waals surface area contributed by atoms with Crippen LogP contribution in [0.3, 0.4) is 0 Å². The number of rotatable bonds is 8. The molecule has 0 radical (unpaired) electrons. The van der Waals surface area contributed by atoms with E-state index in [0.29, 0.717) is 35.0 Å². The minimum absolute atomic E-state index is 0.0897. The molecule has 1 fully saturated rings. The Morgan fingerprint density at radius 2 is 1.87 bits per heavy atom. The third kappa shape index (κ3) is 6.80. The van der Waals surface area contributed by atoms with Crippen molar-refractivity contribution in [3.05, 3.63) is 48.3 Å². The van der Waals surface area contributed by atoms with Gasteiger partial charge in [0.15, 0.2) is 0 Å². The van der Waals surface area contributed by atoms with Gasteiger partial charge in [-0.3, -0.25) is 19.4 Å². The van der Waals surface area contributed by atoms with Crippen molar-refractivity contribution in [2.24, 2.45) is 5.92 Å². The number of ether oxygens (including phenoxy) is 1. The average molecular weight is 425 g/mol. The Morgan fingerprint density at radius 3 is 2.58 bits per heavy atom. The second kappa shape index (κ2) is 11.1. The van der Waals surface area contributed by atoms with E-state index in [2.05, 4.69) is 20.9 Å². The van der Waals surface area contributed by atoms with Crippen LogP contribution in [0.2, 0.25) is 0 Å². The number of benzene rings is 1. The number of aromatic nitrogens is 1. The van der Waals surface area contributed by atoms with Crippen LogP contribution in [0.4, 0.5) is 11.4 Å². The van der Waals surface area contributed by atoms with Gasteiger partial charge in [-0.1, -0.05) is 19.3 Å². The van der Waals surface area contributed by atoms with E-state index in [9.17, 15) is 14.4 Å². The van der Waals surface area contributed by atoms with E-state index in [1.54, 1.807) is 36.5 Å². The number of nitrogens with zero attached hydrogens (tertiary/aromatic N) is 1. The normalized spacial score (nSPS) is 13.8. The van der Waals surface area contributed by atoms with Gasteiger partial charge in [0.25, 0.3) is 5.91 Å². The molecular formula is C23H28N4O4. The summed E-state index contributed by atoms with van der Waals surface area (Å²) in [6.45, 7) is -0.0899. The molecule has 8 nitrogen and oxygen atoms in total. The molecule has 3 amide bonds. The molecule has 0 aliphatic heterocycles. The summed E-state index contributed by atoms with van der Waals surface area (Å²) in [4.78, 5) is 40.5. The van der Waals surface area contributed by atoms with Gasteiger partial charge in [-0.05, 0) is 43.0 Å². The predicted molar refractivity (Wildman–Crippen MR) is 118 cm³/mol. The summed E-state index contributed by atoms with van der Waals surface area (Å²) in [6, 6.07) is 8.25. The number of carbonyl (C=O) groups excluding carboxylic acids is 3. The fraction of sp³-hybridized carbons (Fsp3) is 0.391. The second-order valence-corrected chi connectivity index (χ2v) is 7.64. The van der Waals surface area contributed by atoms with E-state index in [4.69, 9.17) is 4.74 Å². The highest BCUT2D eigenvalue weighted by Crippen LogP contribution is 2.28. The van der Waals surface area contributed by atoms with Crippen molar-refractivity contribution in [3.8, 4) is 5.75 Å². The SMILES string of the molecule is COc1cc(NC(=O)CNC(=O)CC2CCCCC2)ccc1NC(=O)c1cccnc1. The van der Waals surface area contributed by atoms with E-state index in [-0.39, 0.29) is 24.3 Å². The topological polar surface area (TPSA) is 109 Å². The number of carbonyl (C=O) groups is 3. The molecule has 1 aliphatic carbocycles. The summed E-state index contributed by atoms with van der Waals surface area (Å²) in [5.41, 5.74) is 1.39. The summed E-state index contributed by atoms with van der Waals surface area (Å²) in [5.74, 6) is 0.0926. The highest BCUT2D eigenvalue weighted by atomic mass is 16.5. The highest BCUT2D eigenvalue weighted by Gasteiger charge is 2.17. The second-order valence-electron chi connectivity index (χ2n) is 7.64. The van der Waals surface area contributed by atoms with E-state index >= 15 is 0 Å². The van der Waals surface area contributed by atoms with Crippen molar-refractivity contribution in [3.63, 3.8) is 0 Å². The Bertz CT molecular complexity index is 911. The van der Waals surface area contributed by atoms with Crippen LogP contribution < -0.4 is 20.7 Å². The molecule has 1 aromatic carbocycles. The van der Waals surface area contributed by atoms with Gasteiger partial charge in [-0.15, -0.1) is 0 Å². The molecular weight excluding hydrogens is 396 g/mol. The Morgan fingerprint density at radius 1 is 1.06 bits per heavy atom. The minimum Gasteiger partial charge on any atom is -0.494 e. The molecule has 0 atom stereocenters. The van der Waals surface area contributed by atoms with Crippen molar-refractivity contribution in [2.75, 3.05) is 24.3 Å². The van der Waals surface area contributed by atoms with Crippen molar-refractivity contribution in [2.45, 2.75) is 38.5 Å². The lowest BCUT2D eigenvalue weighted by molar-refractivity contribution is -0.125. The molecule has 1 aromatic heterocycles. The number of methoxy groups -OCH3 is 1. The van der Waals surface area contributed by atoms with Crippen molar-refractivity contribution < 1.29 is 19.1 Å². The third-order valence-electron chi connectivity index (χ3n) is 5.30. The Kier molecular flexibility index (Phi) is 7.98. The molecule has 2 aromatic rings. The van der Waals surface area contributed by atoms with Crippen LogP contribution in [-0.2, 0) is 9.59 Å². The van der Waals surface area contributed by atoms with Gasteiger partial charge < -0.3 is 20.7 Å². The monoisotopic (exact) mass is 424 g/mol. The minimum atomic E-state index is -0.328. The number of pyridine rings is 1. The first-order valence-electron chi connectivity index (χ1n) is 10.5. The number of hydrogen-bond donors (Lipinski definition) is 3. The van der Waals surface area contributed by atoms with Crippen LogP contribution >= 0.6 is 0 Å². The molecule has 0 bridgehead atoms. The quantitative estimate of drug-likeness (QED) is 0.602. The molecule has 8 heteroatoms. The van der Waals surface area contributed by atoms with Crippen molar-refractivity contribution in [1.82, 2.24) is 10.3 Å². The maximum Gasteiger partial charge on any atom is 0.257 e. The zero-order chi connectivity index (χ0) is 22.1. The smallest absolute Gasteiger partial charge is 0.257 e. The average Bonchev–Trinajstić information content (AvgIpc) is 2.80. The molecule has 3 rings (SSSR count). The van der Waals surface area contributed by atoms with Gasteiger partial charge in [0.05, 0.1) is 24.9 Å². The number of nitrogens with one attached hydrogen (secondary N) is 3. The predicted octanol–water partition coefficient (Wildman–Crippen LogP) is 3.37. The Hall–Kier alpha value is -3.42. The molecule has 0 spiro atoms. The standard InChI is InChI=1S/C23H28N4O4/c1-31-20-13-18(9-10-19(20)27-23(30)17-8-5-11-24-14-17)26-22(29)15-25-21(28)12-16-6-3-2-4-7-16/h5,8-11,13-14,16H,2-4,6-7,12,15H2,1H3,(H,25,28)(H,26,29)(H,27,30). The van der Waals surface area contributed by atoms with Gasteiger partial charge in [-0.2, -0.15) is 0 Å². The van der Waals surface area contributed by atoms with E-state index in [1.807, 2.05) is 0 Å². The van der Waals surface area contributed by atoms with Crippen LogP contribution in [0, 0.1) is 5.92 Å². The van der Waals surface area contributed by atoms with Gasteiger partial charge >= 0.3 is 0 Å². The first kappa shape index (κ1) is 22.3. The molecule has 3 N–H and O–H groups in total. The Labute approximate surface area is 181 Å². The summed E-state index contributed by atoms with van der Waals surface area (Å²) < 4.78 is 5.34. The molecule has 1 saturated carbocycles. The van der Waals surface area contributed by atoms with Gasteiger partial charge in [-0.25, -0.2) is 0 Å². The van der Waals surface area contributed by atoms with Gasteiger partial charge in [0.2, 0.25) is 11.8 Å². The van der Waals surface area contributed by atoms with Crippen molar-refractivity contribution in [1.29, 1.82) is 0 Å². The van der Waals surface area contributed by atoms with E-state index < -0.39 is 0 Å². The maximum atomic E-state index is 12.3. The number of amides is 3. The lowest BCUT2D eigenvalue weighted by atomic mass is 9.87. The van der Waals surface area contributed by atoms with Crippen LogP contribution in [0.1, 0.15) is 48.9 Å². The fourth-order valence-corrected chi connectivity index (χ4v) is 3.67. The zero-order valence-corrected chi connectivity index (χ0v) is 17.6.